The number of halogens is 2. The molecule has 0 fully saturated rings. The van der Waals surface area contributed by atoms with E-state index in [1.807, 2.05) is 33.7 Å². The number of nitrogens with zero attached hydrogens (tertiary/aromatic N) is 3. The summed E-state index contributed by atoms with van der Waals surface area (Å²) < 4.78 is 21.4. The molecule has 140 valence electrons. The Morgan fingerprint density at radius 3 is 2.85 bits per heavy atom. The molecule has 1 amide bonds. The van der Waals surface area contributed by atoms with Crippen molar-refractivity contribution in [2.45, 2.75) is 19.4 Å². The van der Waals surface area contributed by atoms with Gasteiger partial charge >= 0.3 is 0 Å². The number of carbonyl (C=O) groups excluding carboxylic acids is 1. The predicted molar refractivity (Wildman–Crippen MR) is 104 cm³/mol. The quantitative estimate of drug-likeness (QED) is 0.548. The van der Waals surface area contributed by atoms with Crippen LogP contribution in [0.5, 0.6) is 5.75 Å². The Hall–Kier alpha value is -2.41. The molecule has 1 aliphatic heterocycles. The Bertz CT molecular complexity index is 989. The molecule has 2 heterocycles. The largest absolute Gasteiger partial charge is 0.492 e. The van der Waals surface area contributed by atoms with Gasteiger partial charge in [-0.3, -0.25) is 4.79 Å². The number of aromatic nitrogens is 2. The molecule has 3 aromatic rings. The summed E-state index contributed by atoms with van der Waals surface area (Å²) in [6.07, 6.45) is 1.65. The van der Waals surface area contributed by atoms with Gasteiger partial charge in [0.2, 0.25) is 0 Å². The van der Waals surface area contributed by atoms with Crippen LogP contribution in [0, 0.1) is 5.82 Å². The minimum absolute atomic E-state index is 0.0142. The summed E-state index contributed by atoms with van der Waals surface area (Å²) in [6.45, 7) is 2.65. The SMILES string of the molecule is O=C1c2nc3ccccc3n2CCN1CCCCOc1ccc(F)cc1Br. The number of hydrogen-bond acceptors (Lipinski definition) is 3. The van der Waals surface area contributed by atoms with E-state index in [1.54, 1.807) is 6.07 Å². The number of unbranched alkanes of at least 4 members (excludes halogenated alkanes) is 1. The van der Waals surface area contributed by atoms with E-state index in [1.165, 1.54) is 12.1 Å². The summed E-state index contributed by atoms with van der Waals surface area (Å²) in [5.74, 6) is 0.830. The lowest BCUT2D eigenvalue weighted by Gasteiger charge is -2.27. The van der Waals surface area contributed by atoms with Crippen LogP contribution in [0.1, 0.15) is 23.5 Å². The van der Waals surface area contributed by atoms with Crippen LogP contribution in [-0.2, 0) is 6.54 Å². The zero-order chi connectivity index (χ0) is 18.8. The lowest BCUT2D eigenvalue weighted by atomic mass is 10.2. The fraction of sp³-hybridized carbons (Fsp3) is 0.300. The van der Waals surface area contributed by atoms with Gasteiger partial charge in [-0.15, -0.1) is 0 Å². The van der Waals surface area contributed by atoms with Crippen molar-refractivity contribution in [3.63, 3.8) is 0 Å². The van der Waals surface area contributed by atoms with E-state index in [0.717, 1.165) is 30.4 Å². The number of benzene rings is 2. The second-order valence-corrected chi connectivity index (χ2v) is 7.35. The second-order valence-electron chi connectivity index (χ2n) is 6.50. The monoisotopic (exact) mass is 431 g/mol. The number of hydrogen-bond donors (Lipinski definition) is 0. The van der Waals surface area contributed by atoms with Gasteiger partial charge in [-0.1, -0.05) is 12.1 Å². The maximum absolute atomic E-state index is 13.1. The molecular weight excluding hydrogens is 413 g/mol. The zero-order valence-electron chi connectivity index (χ0n) is 14.7. The number of amides is 1. The van der Waals surface area contributed by atoms with Crippen molar-refractivity contribution in [3.05, 3.63) is 58.6 Å². The molecule has 5 nitrogen and oxygen atoms in total. The van der Waals surface area contributed by atoms with Crippen molar-refractivity contribution in [1.29, 1.82) is 0 Å². The van der Waals surface area contributed by atoms with Gasteiger partial charge < -0.3 is 14.2 Å². The summed E-state index contributed by atoms with van der Waals surface area (Å²) in [5, 5.41) is 0. The van der Waals surface area contributed by atoms with Crippen LogP contribution in [0.25, 0.3) is 11.0 Å². The average molecular weight is 432 g/mol. The van der Waals surface area contributed by atoms with Gasteiger partial charge in [-0.05, 0) is 59.1 Å². The van der Waals surface area contributed by atoms with Crippen molar-refractivity contribution >= 4 is 32.9 Å². The van der Waals surface area contributed by atoms with E-state index in [4.69, 9.17) is 4.74 Å². The fourth-order valence-electron chi connectivity index (χ4n) is 3.32. The van der Waals surface area contributed by atoms with Gasteiger partial charge in [-0.2, -0.15) is 0 Å². The Morgan fingerprint density at radius 2 is 2.00 bits per heavy atom. The molecule has 0 unspecified atom stereocenters. The third kappa shape index (κ3) is 3.69. The van der Waals surface area contributed by atoms with E-state index < -0.39 is 0 Å². The lowest BCUT2D eigenvalue weighted by molar-refractivity contribution is 0.0693. The lowest BCUT2D eigenvalue weighted by Crippen LogP contribution is -2.41. The molecule has 0 atom stereocenters. The summed E-state index contributed by atoms with van der Waals surface area (Å²) in [5.41, 5.74) is 1.87. The maximum Gasteiger partial charge on any atom is 0.289 e. The molecule has 27 heavy (non-hydrogen) atoms. The number of fused-ring (bicyclic) bond motifs is 3. The van der Waals surface area contributed by atoms with Crippen molar-refractivity contribution in [1.82, 2.24) is 14.5 Å². The summed E-state index contributed by atoms with van der Waals surface area (Å²) in [4.78, 5) is 19.1. The molecule has 2 aromatic carbocycles. The van der Waals surface area contributed by atoms with Crippen LogP contribution >= 0.6 is 15.9 Å². The molecule has 0 spiro atoms. The third-order valence-electron chi connectivity index (χ3n) is 4.70. The van der Waals surface area contributed by atoms with Crippen LogP contribution in [-0.4, -0.2) is 40.1 Å². The molecule has 0 bridgehead atoms. The van der Waals surface area contributed by atoms with Crippen molar-refractivity contribution in [3.8, 4) is 5.75 Å². The van der Waals surface area contributed by atoms with Crippen LogP contribution < -0.4 is 4.74 Å². The van der Waals surface area contributed by atoms with Gasteiger partial charge in [-0.25, -0.2) is 9.37 Å². The highest BCUT2D eigenvalue weighted by Crippen LogP contribution is 2.25. The highest BCUT2D eigenvalue weighted by atomic mass is 79.9. The summed E-state index contributed by atoms with van der Waals surface area (Å²) in [7, 11) is 0. The third-order valence-corrected chi connectivity index (χ3v) is 5.32. The summed E-state index contributed by atoms with van der Waals surface area (Å²) in [6, 6.07) is 12.2. The topological polar surface area (TPSA) is 47.4 Å². The van der Waals surface area contributed by atoms with E-state index in [2.05, 4.69) is 20.9 Å². The number of ether oxygens (including phenoxy) is 1. The molecule has 0 N–H and O–H groups in total. The van der Waals surface area contributed by atoms with Crippen molar-refractivity contribution in [2.24, 2.45) is 0 Å². The minimum Gasteiger partial charge on any atom is -0.492 e. The average Bonchev–Trinajstić information content (AvgIpc) is 3.04. The van der Waals surface area contributed by atoms with E-state index in [0.29, 0.717) is 35.7 Å². The highest BCUT2D eigenvalue weighted by molar-refractivity contribution is 9.10. The first-order valence-corrected chi connectivity index (χ1v) is 9.75. The predicted octanol–water partition coefficient (Wildman–Crippen LogP) is 4.25. The Kier molecular flexibility index (Phi) is 5.11. The van der Waals surface area contributed by atoms with Crippen LogP contribution in [0.15, 0.2) is 46.9 Å². The fourth-order valence-corrected chi connectivity index (χ4v) is 3.79. The number of para-hydroxylation sites is 2. The normalized spacial score (nSPS) is 13.9. The highest BCUT2D eigenvalue weighted by Gasteiger charge is 2.27. The number of imidazole rings is 1. The van der Waals surface area contributed by atoms with Crippen LogP contribution in [0.3, 0.4) is 0 Å². The van der Waals surface area contributed by atoms with Gasteiger partial charge in [0.05, 0.1) is 22.1 Å². The minimum atomic E-state index is -0.302. The molecule has 7 heteroatoms. The molecule has 0 radical (unpaired) electrons. The summed E-state index contributed by atoms with van der Waals surface area (Å²) >= 11 is 3.29. The molecule has 0 saturated carbocycles. The molecule has 0 aliphatic carbocycles. The molecule has 1 aliphatic rings. The molecule has 1 aromatic heterocycles. The van der Waals surface area contributed by atoms with Crippen LogP contribution in [0.2, 0.25) is 0 Å². The zero-order valence-corrected chi connectivity index (χ0v) is 16.3. The van der Waals surface area contributed by atoms with E-state index in [9.17, 15) is 9.18 Å². The van der Waals surface area contributed by atoms with E-state index >= 15 is 0 Å². The second kappa shape index (κ2) is 7.68. The maximum atomic E-state index is 13.1. The Morgan fingerprint density at radius 1 is 1.15 bits per heavy atom. The van der Waals surface area contributed by atoms with Gasteiger partial charge in [0.1, 0.15) is 11.6 Å². The Labute approximate surface area is 164 Å². The van der Waals surface area contributed by atoms with E-state index in [-0.39, 0.29) is 11.7 Å². The smallest absolute Gasteiger partial charge is 0.289 e. The van der Waals surface area contributed by atoms with Gasteiger partial charge in [0, 0.05) is 19.6 Å². The van der Waals surface area contributed by atoms with Crippen molar-refractivity contribution < 1.29 is 13.9 Å². The van der Waals surface area contributed by atoms with Crippen LogP contribution in [0.4, 0.5) is 4.39 Å². The first-order valence-electron chi connectivity index (χ1n) is 8.96. The van der Waals surface area contributed by atoms with Gasteiger partial charge in [0.15, 0.2) is 5.82 Å². The molecule has 4 rings (SSSR count). The first-order chi connectivity index (χ1) is 13.1. The van der Waals surface area contributed by atoms with Gasteiger partial charge in [0.25, 0.3) is 5.91 Å². The Balaban J connectivity index is 1.30. The molecular formula is C20H19BrFN3O2. The van der Waals surface area contributed by atoms with Crippen molar-refractivity contribution in [2.75, 3.05) is 19.7 Å². The number of carbonyl (C=O) groups is 1. The standard InChI is InChI=1S/C20H19BrFN3O2/c21-15-13-14(22)7-8-18(15)27-12-4-3-9-24-10-11-25-17-6-2-1-5-16(17)23-19(25)20(24)26/h1-2,5-8,13H,3-4,9-12H2. The number of rotatable bonds is 6. The first kappa shape index (κ1) is 18.0. The molecule has 0 saturated heterocycles.